The quantitative estimate of drug-likeness (QED) is 0.176. The number of hydrogen-bond acceptors (Lipinski definition) is 18. The Balaban J connectivity index is -0.0000000256. The molecule has 0 amide bonds. The zero-order valence-electron chi connectivity index (χ0n) is 16.5. The van der Waals surface area contributed by atoms with Gasteiger partial charge in [-0.3, -0.25) is 0 Å². The second-order valence-electron chi connectivity index (χ2n) is 2.30. The molecular weight excluding hydrogens is 1030 g/mol. The number of nitrogen functional groups attached to an aromatic ring is 3. The van der Waals surface area contributed by atoms with E-state index in [2.05, 4.69) is 54.4 Å². The summed E-state index contributed by atoms with van der Waals surface area (Å²) in [6.45, 7) is 18.0. The fourth-order valence-electron chi connectivity index (χ4n) is 0.427. The molecule has 34 heavy (non-hydrogen) atoms. The van der Waals surface area contributed by atoms with Gasteiger partial charge in [-0.25, -0.2) is 0 Å². The van der Waals surface area contributed by atoms with Crippen LogP contribution in [0.3, 0.4) is 0 Å². The molecule has 0 atom stereocenters. The van der Waals surface area contributed by atoms with Crippen LogP contribution in [-0.4, -0.2) is 35.3 Å². The van der Waals surface area contributed by atoms with Gasteiger partial charge in [0, 0.05) is 0 Å². The van der Waals surface area contributed by atoms with Crippen LogP contribution in [0, 0.1) is 61.3 Å². The molecule has 0 saturated heterocycles. The average Bonchev–Trinajstić information content (AvgIpc) is 2.57. The number of nitrogens with zero attached hydrogens (tertiary/aromatic N) is 7. The Kier molecular flexibility index (Phi) is 106. The Labute approximate surface area is 233 Å². The van der Waals surface area contributed by atoms with Crippen LogP contribution in [0.15, 0.2) is 39.5 Å². The minimum Gasteiger partial charge on any atom is -0.368 e. The molecule has 1 aromatic rings. The summed E-state index contributed by atoms with van der Waals surface area (Å²) in [6.07, 6.45) is 0. The number of aromatic nitrogens is 3. The molecule has 0 bridgehead atoms. The van der Waals surface area contributed by atoms with Gasteiger partial charge >= 0.3 is 63.2 Å². The molecule has 1 rings (SSSR count). The Hall–Kier alpha value is -3.51. The summed E-state index contributed by atoms with van der Waals surface area (Å²) in [5, 5.41) is 59.0. The van der Waals surface area contributed by atoms with Crippen LogP contribution in [0.25, 0.3) is 0 Å². The van der Waals surface area contributed by atoms with Gasteiger partial charge in [0.15, 0.2) is 0 Å². The first-order valence-corrected chi connectivity index (χ1v) is 5.90. The third-order valence-electron chi connectivity index (χ3n) is 0.687. The fraction of sp³-hybridized carbons (Fsp3) is 0. The van der Waals surface area contributed by atoms with Crippen LogP contribution in [0.4, 0.5) is 17.8 Å². The number of nitrogens with two attached hydrogens (primary N) is 3. The molecule has 0 fully saturated rings. The molecule has 22 nitrogen and oxygen atoms in total. The summed E-state index contributed by atoms with van der Waals surface area (Å²) in [7, 11) is 0. The van der Waals surface area contributed by atoms with Crippen molar-refractivity contribution in [2.75, 3.05) is 17.2 Å². The summed E-state index contributed by atoms with van der Waals surface area (Å²) in [5.41, 5.74) is 15.4. The van der Waals surface area contributed by atoms with Gasteiger partial charge in [-0.05, 0) is 0 Å². The van der Waals surface area contributed by atoms with Crippen LogP contribution in [0.2, 0.25) is 0 Å². The van der Waals surface area contributed by atoms with Crippen molar-refractivity contribution in [3.8, 4) is 0 Å². The van der Waals surface area contributed by atoms with E-state index in [1.807, 2.05) is 0 Å². The summed E-state index contributed by atoms with van der Waals surface area (Å²) in [6, 6.07) is 0. The van der Waals surface area contributed by atoms with Crippen LogP contribution >= 0.6 is 0 Å². The first kappa shape index (κ1) is 63.2. The van der Waals surface area contributed by atoms with Crippen molar-refractivity contribution in [2.45, 2.75) is 0 Å². The van der Waals surface area contributed by atoms with Gasteiger partial charge in [-0.15, -0.1) is 39.5 Å². The molecule has 0 aliphatic heterocycles. The van der Waals surface area contributed by atoms with Gasteiger partial charge in [0.05, 0.1) is 20.3 Å². The number of rotatable bonds is 0. The predicted molar refractivity (Wildman–Crippen MR) is 108 cm³/mol. The molecule has 1 heterocycles. The molecule has 0 aromatic carbocycles. The van der Waals surface area contributed by atoms with E-state index in [9.17, 15) is 0 Å². The number of hydrogen-bond donors (Lipinski definition) is 3. The zero-order valence-corrected chi connectivity index (χ0v) is 23.3. The topological polar surface area (TPSA) is 382 Å². The second kappa shape index (κ2) is 57.0. The van der Waals surface area contributed by atoms with Crippen molar-refractivity contribution in [3.63, 3.8) is 0 Å². The third kappa shape index (κ3) is 299. The van der Waals surface area contributed by atoms with Crippen molar-refractivity contribution in [1.29, 1.82) is 0 Å². The SMILES string of the molecule is C=C.C=C.C=C.Nc1nc(N)nc(N)n1.O=[N+]([O-])[O-].O=[N+]([O-])[O-].O=[N+]([O-])[O-].O=[N+]([O-])[O-].[Pt+2].[Pt+2].[Pt+2]. The van der Waals surface area contributed by atoms with E-state index in [-0.39, 0.29) is 81.0 Å². The molecule has 0 unspecified atom stereocenters. The first-order valence-electron chi connectivity index (χ1n) is 5.90. The second-order valence-corrected chi connectivity index (χ2v) is 2.30. The summed E-state index contributed by atoms with van der Waals surface area (Å²) in [4.78, 5) is 43.5. The Morgan fingerprint density at radius 3 is 0.559 bits per heavy atom. The molecule has 0 aliphatic rings. The van der Waals surface area contributed by atoms with E-state index in [0.717, 1.165) is 0 Å². The van der Waals surface area contributed by atoms with E-state index < -0.39 is 20.3 Å². The molecule has 0 radical (unpaired) electrons. The maximum absolute atomic E-state index is 8.25. The predicted octanol–water partition coefficient (Wildman–Crippen LogP) is 0.0609. The molecule has 0 spiro atoms. The molecule has 1 aromatic heterocycles. The van der Waals surface area contributed by atoms with Crippen molar-refractivity contribution in [3.05, 3.63) is 101 Å². The largest absolute Gasteiger partial charge is 2.00 e. The van der Waals surface area contributed by atoms with E-state index in [1.165, 1.54) is 0 Å². The normalized spacial score (nSPS) is 5.65. The third-order valence-corrected chi connectivity index (χ3v) is 0.687. The van der Waals surface area contributed by atoms with Crippen molar-refractivity contribution >= 4 is 17.8 Å². The first-order chi connectivity index (χ1) is 14.1. The summed E-state index contributed by atoms with van der Waals surface area (Å²) in [5.74, 6) is 0.125. The van der Waals surface area contributed by atoms with Crippen LogP contribution in [0.1, 0.15) is 0 Å². The smallest absolute Gasteiger partial charge is 0.368 e. The van der Waals surface area contributed by atoms with E-state index in [1.54, 1.807) is 0 Å². The molecule has 204 valence electrons. The fourth-order valence-corrected chi connectivity index (χ4v) is 0.427. The Morgan fingerprint density at radius 1 is 0.441 bits per heavy atom. The van der Waals surface area contributed by atoms with Crippen LogP contribution < -0.4 is 17.2 Å². The summed E-state index contributed by atoms with van der Waals surface area (Å²) >= 11 is 0. The molecule has 25 heteroatoms. The molecule has 0 aliphatic carbocycles. The van der Waals surface area contributed by atoms with E-state index in [4.69, 9.17) is 78.5 Å². The number of anilines is 3. The molecule has 0 saturated carbocycles. The van der Waals surface area contributed by atoms with Gasteiger partial charge in [0.25, 0.3) is 0 Å². The standard InChI is InChI=1S/C3H6N6.3C2H4.4NO3.3Pt/c4-1-7-2(5)9-3(6)8-1;3*1-2;4*2-1(3)4;;;/h(H6,4,5,6,7,8,9);3*1-2H2;;;;;;;/q;;;;4*-1;3*+2. The minimum atomic E-state index is -1.75. The Morgan fingerprint density at radius 2 is 0.500 bits per heavy atom. The van der Waals surface area contributed by atoms with Crippen molar-refractivity contribution in [1.82, 2.24) is 15.0 Å². The van der Waals surface area contributed by atoms with Crippen LogP contribution in [0.5, 0.6) is 0 Å². The maximum atomic E-state index is 8.25. The van der Waals surface area contributed by atoms with Gasteiger partial charge in [0.2, 0.25) is 17.8 Å². The molecule has 6 N–H and O–H groups in total. The van der Waals surface area contributed by atoms with Crippen LogP contribution in [-0.2, 0) is 63.2 Å². The van der Waals surface area contributed by atoms with E-state index >= 15 is 0 Å². The Bertz CT molecular complexity index is 500. The summed E-state index contributed by atoms with van der Waals surface area (Å²) < 4.78 is 0. The van der Waals surface area contributed by atoms with Crippen molar-refractivity contribution < 1.29 is 83.5 Å². The van der Waals surface area contributed by atoms with E-state index in [0.29, 0.717) is 0 Å². The van der Waals surface area contributed by atoms with Gasteiger partial charge in [-0.2, -0.15) is 15.0 Å². The van der Waals surface area contributed by atoms with Gasteiger partial charge in [-0.1, -0.05) is 0 Å². The average molecular weight is 1040 g/mol. The van der Waals surface area contributed by atoms with Gasteiger partial charge in [0.1, 0.15) is 0 Å². The molecular formula is C9H18N10O12Pt3+2. The minimum absolute atomic E-state index is 0. The van der Waals surface area contributed by atoms with Gasteiger partial charge < -0.3 is 78.5 Å². The zero-order chi connectivity index (χ0) is 27.2. The van der Waals surface area contributed by atoms with Crippen molar-refractivity contribution in [2.24, 2.45) is 0 Å². The monoisotopic (exact) mass is 1040 g/mol. The maximum Gasteiger partial charge on any atom is 2.00 e.